The van der Waals surface area contributed by atoms with Crippen molar-refractivity contribution < 1.29 is 23.4 Å². The molecule has 0 radical (unpaired) electrons. The van der Waals surface area contributed by atoms with E-state index in [4.69, 9.17) is 5.11 Å². The van der Waals surface area contributed by atoms with E-state index in [9.17, 15) is 18.3 Å². The molecule has 0 aliphatic heterocycles. The zero-order chi connectivity index (χ0) is 14.1. The first-order chi connectivity index (χ1) is 8.03. The molecule has 7 heteroatoms. The van der Waals surface area contributed by atoms with Gasteiger partial charge in [-0.2, -0.15) is 0 Å². The summed E-state index contributed by atoms with van der Waals surface area (Å²) >= 11 is 0. The second-order valence-electron chi connectivity index (χ2n) is 4.84. The van der Waals surface area contributed by atoms with Crippen LogP contribution in [0.3, 0.4) is 0 Å². The minimum absolute atomic E-state index is 0.206. The number of phenols is 1. The molecule has 18 heavy (non-hydrogen) atoms. The molecule has 1 aromatic carbocycles. The van der Waals surface area contributed by atoms with Gasteiger partial charge < -0.3 is 10.2 Å². The molecule has 0 aromatic heterocycles. The van der Waals surface area contributed by atoms with Crippen molar-refractivity contribution in [1.29, 1.82) is 0 Å². The van der Waals surface area contributed by atoms with Gasteiger partial charge >= 0.3 is 5.97 Å². The average molecular weight is 273 g/mol. The van der Waals surface area contributed by atoms with Crippen LogP contribution in [-0.4, -0.2) is 30.1 Å². The summed E-state index contributed by atoms with van der Waals surface area (Å²) in [5.41, 5.74) is -0.938. The van der Waals surface area contributed by atoms with Crippen molar-refractivity contribution in [1.82, 2.24) is 4.72 Å². The Balaban J connectivity index is 3.32. The van der Waals surface area contributed by atoms with Gasteiger partial charge in [-0.15, -0.1) is 0 Å². The molecule has 0 bridgehead atoms. The Morgan fingerprint density at radius 2 is 1.83 bits per heavy atom. The quantitative estimate of drug-likeness (QED) is 0.767. The smallest absolute Gasteiger partial charge is 0.335 e. The molecule has 100 valence electrons. The molecule has 0 heterocycles. The minimum atomic E-state index is -3.97. The molecule has 0 saturated carbocycles. The highest BCUT2D eigenvalue weighted by molar-refractivity contribution is 7.89. The second kappa shape index (κ2) is 4.58. The number of aromatic carboxylic acids is 1. The number of nitrogens with one attached hydrogen (secondary N) is 1. The van der Waals surface area contributed by atoms with E-state index in [0.29, 0.717) is 0 Å². The zero-order valence-electron chi connectivity index (χ0n) is 10.3. The van der Waals surface area contributed by atoms with Crippen LogP contribution in [0.5, 0.6) is 5.75 Å². The normalized spacial score (nSPS) is 12.4. The molecular weight excluding hydrogens is 258 g/mol. The van der Waals surface area contributed by atoms with Crippen LogP contribution in [-0.2, 0) is 10.0 Å². The number of aromatic hydroxyl groups is 1. The van der Waals surface area contributed by atoms with Gasteiger partial charge in [0.05, 0.1) is 5.56 Å². The van der Waals surface area contributed by atoms with E-state index in [-0.39, 0.29) is 5.56 Å². The number of hydrogen-bond donors (Lipinski definition) is 3. The van der Waals surface area contributed by atoms with Crippen molar-refractivity contribution in [2.75, 3.05) is 0 Å². The summed E-state index contributed by atoms with van der Waals surface area (Å²) < 4.78 is 26.3. The van der Waals surface area contributed by atoms with Crippen molar-refractivity contribution in [3.8, 4) is 5.75 Å². The summed E-state index contributed by atoms with van der Waals surface area (Å²) in [5.74, 6) is -1.75. The lowest BCUT2D eigenvalue weighted by atomic mass is 10.1. The van der Waals surface area contributed by atoms with Crippen LogP contribution >= 0.6 is 0 Å². The molecule has 0 aliphatic rings. The number of rotatable bonds is 3. The summed E-state index contributed by atoms with van der Waals surface area (Å²) in [6, 6.07) is 3.10. The minimum Gasteiger partial charge on any atom is -0.507 e. The van der Waals surface area contributed by atoms with Crippen LogP contribution in [0, 0.1) is 0 Å². The average Bonchev–Trinajstić information content (AvgIpc) is 2.13. The predicted molar refractivity (Wildman–Crippen MR) is 65.1 cm³/mol. The number of carbonyl (C=O) groups is 1. The first-order valence-electron chi connectivity index (χ1n) is 5.13. The fraction of sp³-hybridized carbons (Fsp3) is 0.364. The topological polar surface area (TPSA) is 104 Å². The van der Waals surface area contributed by atoms with Crippen molar-refractivity contribution in [2.45, 2.75) is 31.2 Å². The third kappa shape index (κ3) is 3.44. The SMILES string of the molecule is CC(C)(C)NS(=O)(=O)c1cc(C(=O)O)ccc1O. The lowest BCUT2D eigenvalue weighted by molar-refractivity contribution is 0.0696. The van der Waals surface area contributed by atoms with Gasteiger partial charge in [0.15, 0.2) is 0 Å². The number of phenolic OH excluding ortho intramolecular Hbond substituents is 1. The van der Waals surface area contributed by atoms with Gasteiger partial charge in [-0.25, -0.2) is 17.9 Å². The Bertz CT molecular complexity index is 572. The standard InChI is InChI=1S/C11H15NO5S/c1-11(2,3)12-18(16,17)9-6-7(10(14)15)4-5-8(9)13/h4-6,12-13H,1-3H3,(H,14,15). The molecule has 0 fully saturated rings. The maximum Gasteiger partial charge on any atom is 0.335 e. The fourth-order valence-electron chi connectivity index (χ4n) is 1.32. The Labute approximate surface area is 105 Å². The van der Waals surface area contributed by atoms with E-state index in [1.807, 2.05) is 0 Å². The Hall–Kier alpha value is -1.60. The molecule has 1 rings (SSSR count). The first-order valence-corrected chi connectivity index (χ1v) is 6.61. The molecule has 0 spiro atoms. The Morgan fingerprint density at radius 3 is 2.28 bits per heavy atom. The van der Waals surface area contributed by atoms with Crippen molar-refractivity contribution in [3.63, 3.8) is 0 Å². The van der Waals surface area contributed by atoms with Gasteiger partial charge in [0.2, 0.25) is 10.0 Å². The number of benzene rings is 1. The monoisotopic (exact) mass is 273 g/mol. The van der Waals surface area contributed by atoms with Crippen LogP contribution in [0.25, 0.3) is 0 Å². The van der Waals surface area contributed by atoms with Crippen LogP contribution in [0.1, 0.15) is 31.1 Å². The van der Waals surface area contributed by atoms with Crippen LogP contribution in [0.2, 0.25) is 0 Å². The fourth-order valence-corrected chi connectivity index (χ4v) is 2.86. The van der Waals surface area contributed by atoms with E-state index in [2.05, 4.69) is 4.72 Å². The first kappa shape index (κ1) is 14.5. The highest BCUT2D eigenvalue weighted by Crippen LogP contribution is 2.24. The molecule has 3 N–H and O–H groups in total. The Morgan fingerprint density at radius 1 is 1.28 bits per heavy atom. The largest absolute Gasteiger partial charge is 0.507 e. The van der Waals surface area contributed by atoms with Crippen molar-refractivity contribution in [3.05, 3.63) is 23.8 Å². The molecule has 0 amide bonds. The van der Waals surface area contributed by atoms with Gasteiger partial charge in [0.1, 0.15) is 10.6 Å². The van der Waals surface area contributed by atoms with Gasteiger partial charge in [0, 0.05) is 5.54 Å². The molecule has 0 saturated heterocycles. The highest BCUT2D eigenvalue weighted by Gasteiger charge is 2.25. The summed E-state index contributed by atoms with van der Waals surface area (Å²) in [5, 5.41) is 18.3. The van der Waals surface area contributed by atoms with Crippen molar-refractivity contribution >= 4 is 16.0 Å². The maximum atomic E-state index is 12.0. The van der Waals surface area contributed by atoms with Gasteiger partial charge in [-0.05, 0) is 39.0 Å². The van der Waals surface area contributed by atoms with Gasteiger partial charge in [-0.3, -0.25) is 0 Å². The summed E-state index contributed by atoms with van der Waals surface area (Å²) in [4.78, 5) is 10.3. The number of carboxylic acids is 1. The van der Waals surface area contributed by atoms with Crippen LogP contribution in [0.4, 0.5) is 0 Å². The lowest BCUT2D eigenvalue weighted by Crippen LogP contribution is -2.40. The van der Waals surface area contributed by atoms with E-state index in [1.54, 1.807) is 20.8 Å². The Kier molecular flexibility index (Phi) is 3.68. The van der Waals surface area contributed by atoms with E-state index in [0.717, 1.165) is 18.2 Å². The summed E-state index contributed by atoms with van der Waals surface area (Å²) in [6.45, 7) is 4.92. The van der Waals surface area contributed by atoms with Gasteiger partial charge in [0.25, 0.3) is 0 Å². The number of carboxylic acid groups (broad SMARTS) is 1. The molecular formula is C11H15NO5S. The number of hydrogen-bond acceptors (Lipinski definition) is 4. The third-order valence-corrected chi connectivity index (χ3v) is 3.72. The molecule has 0 unspecified atom stereocenters. The summed E-state index contributed by atoms with van der Waals surface area (Å²) in [7, 11) is -3.97. The number of sulfonamides is 1. The molecule has 0 atom stereocenters. The highest BCUT2D eigenvalue weighted by atomic mass is 32.2. The zero-order valence-corrected chi connectivity index (χ0v) is 11.1. The summed E-state index contributed by atoms with van der Waals surface area (Å²) in [6.07, 6.45) is 0. The van der Waals surface area contributed by atoms with Crippen LogP contribution < -0.4 is 4.72 Å². The van der Waals surface area contributed by atoms with Crippen LogP contribution in [0.15, 0.2) is 23.1 Å². The molecule has 1 aromatic rings. The maximum absolute atomic E-state index is 12.0. The lowest BCUT2D eigenvalue weighted by Gasteiger charge is -2.20. The van der Waals surface area contributed by atoms with E-state index in [1.165, 1.54) is 0 Å². The molecule has 6 nitrogen and oxygen atoms in total. The van der Waals surface area contributed by atoms with E-state index >= 15 is 0 Å². The van der Waals surface area contributed by atoms with E-state index < -0.39 is 32.2 Å². The predicted octanol–water partition coefficient (Wildman–Crippen LogP) is 1.17. The van der Waals surface area contributed by atoms with Crippen molar-refractivity contribution in [2.24, 2.45) is 0 Å². The second-order valence-corrected chi connectivity index (χ2v) is 6.49. The van der Waals surface area contributed by atoms with Gasteiger partial charge in [-0.1, -0.05) is 0 Å². The third-order valence-electron chi connectivity index (χ3n) is 1.94. The molecule has 0 aliphatic carbocycles.